The second-order valence-electron chi connectivity index (χ2n) is 5.57. The van der Waals surface area contributed by atoms with Crippen molar-refractivity contribution in [1.29, 1.82) is 0 Å². The topological polar surface area (TPSA) is 17.1 Å². The zero-order chi connectivity index (χ0) is 15.2. The zero-order valence-corrected chi connectivity index (χ0v) is 13.4. The first kappa shape index (κ1) is 15.0. The van der Waals surface area contributed by atoms with Gasteiger partial charge in [-0.1, -0.05) is 55.0 Å². The van der Waals surface area contributed by atoms with Gasteiger partial charge >= 0.3 is 0 Å². The van der Waals surface area contributed by atoms with E-state index in [1.807, 2.05) is 60.7 Å². The maximum Gasteiger partial charge on any atom is 0.0934 e. The van der Waals surface area contributed by atoms with E-state index in [2.05, 4.69) is 5.73 Å². The van der Waals surface area contributed by atoms with Crippen LogP contribution in [0.1, 0.15) is 37.7 Å². The van der Waals surface area contributed by atoms with E-state index in [-0.39, 0.29) is 0 Å². The van der Waals surface area contributed by atoms with Crippen LogP contribution in [0, 0.1) is 0 Å². The number of hydrogen-bond donors (Lipinski definition) is 0. The summed E-state index contributed by atoms with van der Waals surface area (Å²) in [7, 11) is -1.19. The van der Waals surface area contributed by atoms with Gasteiger partial charge in [0.2, 0.25) is 0 Å². The zero-order valence-electron chi connectivity index (χ0n) is 12.6. The molecule has 0 radical (unpaired) electrons. The van der Waals surface area contributed by atoms with E-state index < -0.39 is 10.8 Å². The third kappa shape index (κ3) is 3.65. The van der Waals surface area contributed by atoms with E-state index in [4.69, 9.17) is 0 Å². The number of hydrogen-bond acceptors (Lipinski definition) is 1. The monoisotopic (exact) mass is 308 g/mol. The van der Waals surface area contributed by atoms with Crippen molar-refractivity contribution in [2.75, 3.05) is 0 Å². The van der Waals surface area contributed by atoms with Crippen LogP contribution in [-0.2, 0) is 10.8 Å². The molecule has 1 aliphatic rings. The molecular formula is C20H20OS. The molecule has 0 amide bonds. The first-order valence-corrected chi connectivity index (χ1v) is 9.00. The van der Waals surface area contributed by atoms with Gasteiger partial charge in [-0.05, 0) is 49.0 Å². The molecule has 1 unspecified atom stereocenters. The highest BCUT2D eigenvalue weighted by atomic mass is 32.2. The van der Waals surface area contributed by atoms with Crippen LogP contribution in [0.4, 0.5) is 0 Å². The highest BCUT2D eigenvalue weighted by Gasteiger charge is 2.13. The van der Waals surface area contributed by atoms with Gasteiger partial charge in [0.25, 0.3) is 0 Å². The first-order valence-electron chi connectivity index (χ1n) is 7.85. The lowest BCUT2D eigenvalue weighted by Crippen LogP contribution is -1.97. The molecule has 1 atom stereocenters. The minimum atomic E-state index is -1.19. The van der Waals surface area contributed by atoms with Crippen LogP contribution in [0.3, 0.4) is 0 Å². The van der Waals surface area contributed by atoms with Crippen LogP contribution in [0.2, 0.25) is 0 Å². The summed E-state index contributed by atoms with van der Waals surface area (Å²) in [6.45, 7) is 0. The quantitative estimate of drug-likeness (QED) is 0.701. The third-order valence-corrected chi connectivity index (χ3v) is 5.33. The maximum atomic E-state index is 13.0. The largest absolute Gasteiger partial charge is 0.248 e. The summed E-state index contributed by atoms with van der Waals surface area (Å²) < 4.78 is 13.0. The Hall–Kier alpha value is -1.89. The molecule has 0 bridgehead atoms. The second-order valence-corrected chi connectivity index (χ2v) is 6.98. The molecule has 0 spiro atoms. The standard InChI is InChI=1S/C20H20OS/c21-22(19-14-8-3-9-15-19)20(18-12-6-2-7-13-18)16-17-10-4-1-5-11-17/h2-3,6-9,12-15H,1,4-5,10-11H2. The molecule has 0 N–H and O–H groups in total. The minimum absolute atomic E-state index is 0.809. The number of rotatable bonds is 3. The molecule has 22 heavy (non-hydrogen) atoms. The summed E-state index contributed by atoms with van der Waals surface area (Å²) in [4.78, 5) is 1.65. The Kier molecular flexibility index (Phi) is 5.05. The van der Waals surface area contributed by atoms with E-state index in [9.17, 15) is 4.21 Å². The second kappa shape index (κ2) is 7.40. The average Bonchev–Trinajstić information content (AvgIpc) is 2.61. The van der Waals surface area contributed by atoms with Gasteiger partial charge in [-0.2, -0.15) is 0 Å². The smallest absolute Gasteiger partial charge is 0.0934 e. The van der Waals surface area contributed by atoms with E-state index in [1.54, 1.807) is 0 Å². The van der Waals surface area contributed by atoms with Crippen LogP contribution in [0.5, 0.6) is 0 Å². The van der Waals surface area contributed by atoms with Gasteiger partial charge < -0.3 is 0 Å². The summed E-state index contributed by atoms with van der Waals surface area (Å²) in [5.74, 6) is 0. The van der Waals surface area contributed by atoms with Crippen LogP contribution in [-0.4, -0.2) is 4.21 Å². The first-order chi connectivity index (χ1) is 10.8. The van der Waals surface area contributed by atoms with E-state index in [0.717, 1.165) is 28.2 Å². The summed E-state index contributed by atoms with van der Waals surface area (Å²) in [5.41, 5.74) is 5.82. The Balaban J connectivity index is 2.08. The molecule has 0 aromatic heterocycles. The fourth-order valence-electron chi connectivity index (χ4n) is 2.74. The van der Waals surface area contributed by atoms with Crippen LogP contribution in [0.15, 0.2) is 76.9 Å². The summed E-state index contributed by atoms with van der Waals surface area (Å²) in [6, 6.07) is 19.7. The van der Waals surface area contributed by atoms with Crippen molar-refractivity contribution in [1.82, 2.24) is 0 Å². The van der Waals surface area contributed by atoms with Gasteiger partial charge in [0, 0.05) is 4.90 Å². The summed E-state index contributed by atoms with van der Waals surface area (Å²) in [6.07, 6.45) is 5.92. The average molecular weight is 308 g/mol. The molecule has 2 aromatic carbocycles. The molecule has 1 fully saturated rings. The van der Waals surface area contributed by atoms with Crippen LogP contribution >= 0.6 is 0 Å². The van der Waals surface area contributed by atoms with Crippen molar-refractivity contribution in [2.24, 2.45) is 0 Å². The van der Waals surface area contributed by atoms with Crippen molar-refractivity contribution in [3.8, 4) is 0 Å². The Morgan fingerprint density at radius 2 is 1.41 bits per heavy atom. The molecule has 0 heterocycles. The lowest BCUT2D eigenvalue weighted by atomic mass is 9.95. The van der Waals surface area contributed by atoms with Crippen molar-refractivity contribution in [3.63, 3.8) is 0 Å². The lowest BCUT2D eigenvalue weighted by Gasteiger charge is -2.12. The number of benzene rings is 2. The summed E-state index contributed by atoms with van der Waals surface area (Å²) >= 11 is 0. The van der Waals surface area contributed by atoms with Crippen LogP contribution in [0.25, 0.3) is 4.91 Å². The number of allylic oxidation sites excluding steroid dienone is 1. The van der Waals surface area contributed by atoms with Gasteiger partial charge in [0.1, 0.15) is 0 Å². The van der Waals surface area contributed by atoms with Crippen molar-refractivity contribution >= 4 is 15.7 Å². The summed E-state index contributed by atoms with van der Waals surface area (Å²) in [5, 5.41) is 0. The molecule has 3 rings (SSSR count). The fourth-order valence-corrected chi connectivity index (χ4v) is 3.97. The molecule has 1 nitrogen and oxygen atoms in total. The highest BCUT2D eigenvalue weighted by Crippen LogP contribution is 2.27. The Labute approximate surface area is 134 Å². The highest BCUT2D eigenvalue weighted by molar-refractivity contribution is 7.94. The van der Waals surface area contributed by atoms with Crippen LogP contribution < -0.4 is 0 Å². The fraction of sp³-hybridized carbons (Fsp3) is 0.250. The lowest BCUT2D eigenvalue weighted by molar-refractivity contribution is 0.600. The molecule has 1 aliphatic carbocycles. The minimum Gasteiger partial charge on any atom is -0.248 e. The van der Waals surface area contributed by atoms with Gasteiger partial charge in [0.05, 0.1) is 15.7 Å². The van der Waals surface area contributed by atoms with Gasteiger partial charge in [0.15, 0.2) is 0 Å². The Bertz CT molecular complexity index is 702. The van der Waals surface area contributed by atoms with Gasteiger partial charge in [-0.3, -0.25) is 0 Å². The molecule has 2 aromatic rings. The van der Waals surface area contributed by atoms with Crippen molar-refractivity contribution < 1.29 is 4.21 Å². The molecule has 112 valence electrons. The SMILES string of the molecule is O=S(C(=C=C1CCCCC1)c1ccccc1)c1ccccc1. The Morgan fingerprint density at radius 1 is 0.818 bits per heavy atom. The van der Waals surface area contributed by atoms with Crippen molar-refractivity contribution in [3.05, 3.63) is 77.5 Å². The normalized spacial score (nSPS) is 15.9. The molecule has 2 heteroatoms. The van der Waals surface area contributed by atoms with Crippen molar-refractivity contribution in [2.45, 2.75) is 37.0 Å². The van der Waals surface area contributed by atoms with E-state index in [1.165, 1.54) is 24.8 Å². The van der Waals surface area contributed by atoms with E-state index in [0.29, 0.717) is 0 Å². The van der Waals surface area contributed by atoms with Gasteiger partial charge in [-0.25, -0.2) is 4.21 Å². The molecule has 0 saturated heterocycles. The maximum absolute atomic E-state index is 13.0. The molecule has 1 saturated carbocycles. The van der Waals surface area contributed by atoms with E-state index >= 15 is 0 Å². The van der Waals surface area contributed by atoms with Gasteiger partial charge in [-0.15, -0.1) is 5.73 Å². The molecule has 0 aliphatic heterocycles. The predicted octanol–water partition coefficient (Wildman–Crippen LogP) is 5.32. The predicted molar refractivity (Wildman–Crippen MR) is 92.8 cm³/mol. The molecular weight excluding hydrogens is 288 g/mol. The third-order valence-electron chi connectivity index (χ3n) is 3.93. The Morgan fingerprint density at radius 3 is 2.05 bits per heavy atom.